The second-order valence-electron chi connectivity index (χ2n) is 5.73. The first-order valence-corrected chi connectivity index (χ1v) is 6.64. The fourth-order valence-electron chi connectivity index (χ4n) is 1.89. The van der Waals surface area contributed by atoms with Crippen LogP contribution in [0.4, 0.5) is 0 Å². The zero-order valence-electron chi connectivity index (χ0n) is 12.4. The molecule has 1 unspecified atom stereocenters. The Kier molecular flexibility index (Phi) is 7.61. The summed E-state index contributed by atoms with van der Waals surface area (Å²) in [6.45, 7) is 7.65. The van der Waals surface area contributed by atoms with Crippen molar-refractivity contribution >= 4 is 5.91 Å². The highest BCUT2D eigenvalue weighted by molar-refractivity contribution is 5.78. The van der Waals surface area contributed by atoms with Crippen molar-refractivity contribution in [3.63, 3.8) is 0 Å². The first kappa shape index (κ1) is 16.9. The molecule has 1 amide bonds. The van der Waals surface area contributed by atoms with E-state index >= 15 is 0 Å². The number of hydrogen-bond donors (Lipinski definition) is 1. The Morgan fingerprint density at radius 1 is 1.44 bits per heavy atom. The summed E-state index contributed by atoms with van der Waals surface area (Å²) in [7, 11) is 3.71. The first-order valence-electron chi connectivity index (χ1n) is 6.64. The van der Waals surface area contributed by atoms with Crippen LogP contribution in [0.15, 0.2) is 0 Å². The molecule has 0 aliphatic carbocycles. The molecule has 0 aromatic carbocycles. The van der Waals surface area contributed by atoms with Crippen molar-refractivity contribution in [3.05, 3.63) is 0 Å². The molecule has 0 aromatic heterocycles. The van der Waals surface area contributed by atoms with Gasteiger partial charge < -0.3 is 10.2 Å². The van der Waals surface area contributed by atoms with Crippen LogP contribution in [0.3, 0.4) is 0 Å². The Balaban J connectivity index is 3.76. The Morgan fingerprint density at radius 3 is 2.56 bits per heavy atom. The Morgan fingerprint density at radius 2 is 2.06 bits per heavy atom. The molecule has 4 heteroatoms. The summed E-state index contributed by atoms with van der Waals surface area (Å²) in [5.74, 6) is 0.114. The summed E-state index contributed by atoms with van der Waals surface area (Å²) in [6, 6.07) is 2.32. The highest BCUT2D eigenvalue weighted by Gasteiger charge is 2.16. The molecule has 1 atom stereocenters. The number of unbranched alkanes of at least 4 members (excludes halogenated alkanes) is 1. The normalized spacial score (nSPS) is 13.2. The van der Waals surface area contributed by atoms with Crippen molar-refractivity contribution in [1.82, 2.24) is 10.2 Å². The molecule has 0 aliphatic rings. The van der Waals surface area contributed by atoms with E-state index in [9.17, 15) is 4.79 Å². The lowest BCUT2D eigenvalue weighted by Gasteiger charge is -2.21. The molecule has 0 radical (unpaired) electrons. The van der Waals surface area contributed by atoms with Crippen LogP contribution in [-0.4, -0.2) is 38.0 Å². The van der Waals surface area contributed by atoms with Crippen LogP contribution in [0, 0.1) is 22.7 Å². The van der Waals surface area contributed by atoms with E-state index in [0.29, 0.717) is 0 Å². The molecule has 0 saturated carbocycles. The summed E-state index contributed by atoms with van der Waals surface area (Å²) in [5, 5.41) is 11.6. The van der Waals surface area contributed by atoms with E-state index in [4.69, 9.17) is 5.26 Å². The van der Waals surface area contributed by atoms with Gasteiger partial charge in [-0.1, -0.05) is 13.3 Å². The molecule has 0 spiro atoms. The molecule has 18 heavy (non-hydrogen) atoms. The maximum atomic E-state index is 11.4. The Labute approximate surface area is 111 Å². The molecule has 0 aliphatic heterocycles. The van der Waals surface area contributed by atoms with E-state index in [1.165, 1.54) is 0 Å². The largest absolute Gasteiger partial charge is 0.359 e. The van der Waals surface area contributed by atoms with E-state index in [2.05, 4.69) is 16.3 Å². The smallest absolute Gasteiger partial charge is 0.223 e. The SMILES string of the molecule is CNC(=O)C(C)CN(C)CCCCC(C)(C)C#N. The summed E-state index contributed by atoms with van der Waals surface area (Å²) in [5.41, 5.74) is -0.214. The minimum absolute atomic E-state index is 0.0237. The number of carbonyl (C=O) groups is 1. The molecule has 1 N–H and O–H groups in total. The van der Waals surface area contributed by atoms with Gasteiger partial charge in [0, 0.05) is 19.5 Å². The average molecular weight is 253 g/mol. The maximum absolute atomic E-state index is 11.4. The quantitative estimate of drug-likeness (QED) is 0.673. The molecule has 0 fully saturated rings. The fourth-order valence-corrected chi connectivity index (χ4v) is 1.89. The lowest BCUT2D eigenvalue weighted by atomic mass is 9.89. The minimum atomic E-state index is -0.214. The van der Waals surface area contributed by atoms with Crippen LogP contribution in [0.2, 0.25) is 0 Å². The fraction of sp³-hybridized carbons (Fsp3) is 0.857. The Hall–Kier alpha value is -1.08. The highest BCUT2D eigenvalue weighted by Crippen LogP contribution is 2.21. The first-order chi connectivity index (χ1) is 8.32. The second-order valence-corrected chi connectivity index (χ2v) is 5.73. The van der Waals surface area contributed by atoms with Crippen LogP contribution in [0.1, 0.15) is 40.0 Å². The number of nitriles is 1. The standard InChI is InChI=1S/C14H27N3O/c1-12(13(18)16-4)10-17(5)9-7-6-8-14(2,3)11-15/h12H,6-10H2,1-5H3,(H,16,18). The average Bonchev–Trinajstić information content (AvgIpc) is 2.33. The summed E-state index contributed by atoms with van der Waals surface area (Å²) < 4.78 is 0. The maximum Gasteiger partial charge on any atom is 0.223 e. The van der Waals surface area contributed by atoms with Crippen molar-refractivity contribution in [2.75, 3.05) is 27.2 Å². The lowest BCUT2D eigenvalue weighted by molar-refractivity contribution is -0.124. The van der Waals surface area contributed by atoms with Crippen LogP contribution in [0.5, 0.6) is 0 Å². The third-order valence-corrected chi connectivity index (χ3v) is 3.17. The topological polar surface area (TPSA) is 56.1 Å². The molecular formula is C14H27N3O. The van der Waals surface area contributed by atoms with Crippen molar-refractivity contribution in [1.29, 1.82) is 5.26 Å². The molecule has 0 saturated heterocycles. The van der Waals surface area contributed by atoms with Crippen LogP contribution in [0.25, 0.3) is 0 Å². The van der Waals surface area contributed by atoms with Crippen LogP contribution >= 0.6 is 0 Å². The summed E-state index contributed by atoms with van der Waals surface area (Å²) in [4.78, 5) is 13.6. The van der Waals surface area contributed by atoms with Gasteiger partial charge in [0.25, 0.3) is 0 Å². The van der Waals surface area contributed by atoms with Crippen molar-refractivity contribution in [3.8, 4) is 6.07 Å². The van der Waals surface area contributed by atoms with Crippen molar-refractivity contribution < 1.29 is 4.79 Å². The van der Waals surface area contributed by atoms with E-state index in [1.54, 1.807) is 7.05 Å². The second kappa shape index (κ2) is 8.10. The third-order valence-electron chi connectivity index (χ3n) is 3.17. The number of amides is 1. The molecule has 0 heterocycles. The minimum Gasteiger partial charge on any atom is -0.359 e. The number of nitrogens with zero attached hydrogens (tertiary/aromatic N) is 2. The number of rotatable bonds is 8. The van der Waals surface area contributed by atoms with Gasteiger partial charge in [-0.3, -0.25) is 4.79 Å². The molecule has 104 valence electrons. The lowest BCUT2D eigenvalue weighted by Crippen LogP contribution is -2.34. The van der Waals surface area contributed by atoms with Crippen molar-refractivity contribution in [2.24, 2.45) is 11.3 Å². The zero-order chi connectivity index (χ0) is 14.2. The van der Waals surface area contributed by atoms with Gasteiger partial charge in [0.2, 0.25) is 5.91 Å². The van der Waals surface area contributed by atoms with Gasteiger partial charge in [-0.2, -0.15) is 5.26 Å². The van der Waals surface area contributed by atoms with Crippen LogP contribution < -0.4 is 5.32 Å². The van der Waals surface area contributed by atoms with Crippen LogP contribution in [-0.2, 0) is 4.79 Å². The van der Waals surface area contributed by atoms with E-state index in [-0.39, 0.29) is 17.2 Å². The Bertz CT molecular complexity index is 294. The predicted octanol–water partition coefficient (Wildman–Crippen LogP) is 2.02. The molecule has 0 aromatic rings. The van der Waals surface area contributed by atoms with Gasteiger partial charge in [-0.15, -0.1) is 0 Å². The molecule has 4 nitrogen and oxygen atoms in total. The summed E-state index contributed by atoms with van der Waals surface area (Å²) >= 11 is 0. The zero-order valence-corrected chi connectivity index (χ0v) is 12.4. The van der Waals surface area contributed by atoms with E-state index in [0.717, 1.165) is 32.4 Å². The van der Waals surface area contributed by atoms with Crippen molar-refractivity contribution in [2.45, 2.75) is 40.0 Å². The van der Waals surface area contributed by atoms with Gasteiger partial charge in [-0.25, -0.2) is 0 Å². The highest BCUT2D eigenvalue weighted by atomic mass is 16.1. The van der Waals surface area contributed by atoms with Gasteiger partial charge in [0.1, 0.15) is 0 Å². The van der Waals surface area contributed by atoms with E-state index in [1.807, 2.05) is 27.8 Å². The van der Waals surface area contributed by atoms with Gasteiger partial charge >= 0.3 is 0 Å². The summed E-state index contributed by atoms with van der Waals surface area (Å²) in [6.07, 6.45) is 3.06. The van der Waals surface area contributed by atoms with Gasteiger partial charge in [0.05, 0.1) is 11.5 Å². The third kappa shape index (κ3) is 7.29. The van der Waals surface area contributed by atoms with Gasteiger partial charge in [0.15, 0.2) is 0 Å². The van der Waals surface area contributed by atoms with E-state index < -0.39 is 0 Å². The molecular weight excluding hydrogens is 226 g/mol. The predicted molar refractivity (Wildman–Crippen MR) is 74.0 cm³/mol. The molecule has 0 bridgehead atoms. The number of hydrogen-bond acceptors (Lipinski definition) is 3. The number of nitrogens with one attached hydrogen (secondary N) is 1. The van der Waals surface area contributed by atoms with Gasteiger partial charge in [-0.05, 0) is 40.3 Å². The monoisotopic (exact) mass is 253 g/mol. The molecule has 0 rings (SSSR count). The number of carbonyl (C=O) groups excluding carboxylic acids is 1.